The van der Waals surface area contributed by atoms with Gasteiger partial charge in [-0.15, -0.1) is 0 Å². The number of carboxylic acids is 1. The van der Waals surface area contributed by atoms with E-state index >= 15 is 0 Å². The molecule has 7 heteroatoms. The zero-order valence-electron chi connectivity index (χ0n) is 6.84. The molecule has 0 aromatic carbocycles. The van der Waals surface area contributed by atoms with E-state index in [0.29, 0.717) is 5.65 Å². The van der Waals surface area contributed by atoms with Gasteiger partial charge in [0.05, 0.1) is 11.7 Å². The fourth-order valence-corrected chi connectivity index (χ4v) is 0.839. The number of carbonyl (C=O) groups is 1. The number of hydrogen-bond donors (Lipinski definition) is 0. The van der Waals surface area contributed by atoms with Gasteiger partial charge in [0, 0.05) is 6.07 Å². The minimum Gasteiger partial charge on any atom is -0.543 e. The smallest absolute Gasteiger partial charge is 0.543 e. The summed E-state index contributed by atoms with van der Waals surface area (Å²) in [5.74, 6) is -1.32. The van der Waals surface area contributed by atoms with Gasteiger partial charge < -0.3 is 9.90 Å². The number of aromatic carboxylic acids is 1. The third-order valence-electron chi connectivity index (χ3n) is 1.38. The molecule has 0 aliphatic rings. The van der Waals surface area contributed by atoms with Gasteiger partial charge in [0.15, 0.2) is 5.65 Å². The van der Waals surface area contributed by atoms with E-state index in [9.17, 15) is 9.90 Å². The monoisotopic (exact) mass is 170 g/mol. The van der Waals surface area contributed by atoms with Gasteiger partial charge in [-0.3, -0.25) is 0 Å². The number of carbonyl (C=O) groups excluding carboxylic acids is 1. The Balaban J connectivity index is 0.000000845. The Labute approximate surface area is 84.8 Å². The zero-order chi connectivity index (χ0) is 8.55. The number of nitrogens with zero attached hydrogens (tertiary/aromatic N) is 4. The molecule has 0 unspecified atom stereocenters. The van der Waals surface area contributed by atoms with Crippen molar-refractivity contribution in [2.45, 2.75) is 0 Å². The predicted octanol–water partition coefficient (Wildman–Crippen LogP) is -4.51. The van der Waals surface area contributed by atoms with Crippen molar-refractivity contribution < 1.29 is 28.8 Å². The number of aromatic nitrogens is 4. The first-order chi connectivity index (χ1) is 5.77. The Kier molecular flexibility index (Phi) is 2.65. The van der Waals surface area contributed by atoms with Crippen molar-refractivity contribution in [1.82, 2.24) is 19.6 Å². The van der Waals surface area contributed by atoms with Crippen LogP contribution in [-0.4, -0.2) is 25.6 Å². The van der Waals surface area contributed by atoms with Crippen molar-refractivity contribution in [2.24, 2.45) is 0 Å². The third kappa shape index (κ3) is 1.69. The number of hydrogen-bond acceptors (Lipinski definition) is 5. The van der Waals surface area contributed by atoms with Crippen LogP contribution in [0.4, 0.5) is 0 Å². The Morgan fingerprint density at radius 1 is 1.46 bits per heavy atom. The van der Waals surface area contributed by atoms with E-state index in [1.807, 2.05) is 0 Å². The normalized spacial score (nSPS) is 9.54. The van der Waals surface area contributed by atoms with Crippen molar-refractivity contribution in [3.05, 3.63) is 24.4 Å². The van der Waals surface area contributed by atoms with Crippen molar-refractivity contribution in [3.8, 4) is 0 Å². The average Bonchev–Trinajstić information content (AvgIpc) is 2.49. The number of carboxylic acid groups (broad SMARTS) is 1. The molecule has 0 saturated heterocycles. The maximum Gasteiger partial charge on any atom is 1.00 e. The molecule has 6 nitrogen and oxygen atoms in total. The first-order valence-electron chi connectivity index (χ1n) is 3.14. The second-order valence-electron chi connectivity index (χ2n) is 2.12. The molecule has 13 heavy (non-hydrogen) atoms. The van der Waals surface area contributed by atoms with Gasteiger partial charge in [0.1, 0.15) is 12.7 Å². The van der Waals surface area contributed by atoms with Crippen LogP contribution in [0.5, 0.6) is 0 Å². The van der Waals surface area contributed by atoms with Crippen LogP contribution >= 0.6 is 0 Å². The van der Waals surface area contributed by atoms with Crippen molar-refractivity contribution in [3.63, 3.8) is 0 Å². The van der Waals surface area contributed by atoms with E-state index in [-0.39, 0.29) is 24.6 Å². The molecule has 2 aromatic rings. The maximum atomic E-state index is 10.3. The summed E-state index contributed by atoms with van der Waals surface area (Å²) in [5, 5.41) is 14.1. The topological polar surface area (TPSA) is 83.2 Å². The van der Waals surface area contributed by atoms with E-state index < -0.39 is 5.97 Å². The van der Waals surface area contributed by atoms with Crippen LogP contribution in [0.3, 0.4) is 0 Å². The van der Waals surface area contributed by atoms with Crippen LogP contribution in [0, 0.1) is 0 Å². The minimum absolute atomic E-state index is 0. The Bertz CT molecular complexity index is 441. The summed E-state index contributed by atoms with van der Waals surface area (Å²) in [6.07, 6.45) is 2.59. The molecular formula is C6H3LiN4O2. The molecule has 0 amide bonds. The van der Waals surface area contributed by atoms with Gasteiger partial charge in [0.25, 0.3) is 0 Å². The molecule has 0 aliphatic heterocycles. The first-order valence-corrected chi connectivity index (χ1v) is 3.14. The van der Waals surface area contributed by atoms with Gasteiger partial charge in [-0.1, -0.05) is 0 Å². The van der Waals surface area contributed by atoms with Crippen LogP contribution in [0.25, 0.3) is 5.65 Å². The van der Waals surface area contributed by atoms with Crippen LogP contribution in [0.1, 0.15) is 10.5 Å². The van der Waals surface area contributed by atoms with Crippen LogP contribution in [0.15, 0.2) is 18.7 Å². The molecule has 2 rings (SSSR count). The van der Waals surface area contributed by atoms with E-state index in [4.69, 9.17) is 0 Å². The van der Waals surface area contributed by atoms with E-state index in [2.05, 4.69) is 15.1 Å². The molecule has 0 saturated carbocycles. The number of rotatable bonds is 1. The standard InChI is InChI=1S/C6H4N4O2.Li/c11-6(12)4-1-5-7-2-9-10(5)3-8-4;/h1-3H,(H,11,12);/q;+1/p-1. The number of fused-ring (bicyclic) bond motifs is 1. The summed E-state index contributed by atoms with van der Waals surface area (Å²) in [6.45, 7) is 0. The molecular weight excluding hydrogens is 167 g/mol. The van der Waals surface area contributed by atoms with Crippen molar-refractivity contribution >= 4 is 11.6 Å². The molecule has 60 valence electrons. The Hall–Kier alpha value is -1.38. The van der Waals surface area contributed by atoms with Gasteiger partial charge in [0.2, 0.25) is 0 Å². The third-order valence-corrected chi connectivity index (χ3v) is 1.38. The molecule has 0 radical (unpaired) electrons. The van der Waals surface area contributed by atoms with Crippen molar-refractivity contribution in [2.75, 3.05) is 0 Å². The van der Waals surface area contributed by atoms with Gasteiger partial charge in [-0.25, -0.2) is 14.5 Å². The fourth-order valence-electron chi connectivity index (χ4n) is 0.839. The molecule has 0 atom stereocenters. The zero-order valence-corrected chi connectivity index (χ0v) is 6.84. The molecule has 0 spiro atoms. The summed E-state index contributed by atoms with van der Waals surface area (Å²) >= 11 is 0. The fraction of sp³-hybridized carbons (Fsp3) is 0. The second kappa shape index (κ2) is 3.56. The van der Waals surface area contributed by atoms with E-state index in [0.717, 1.165) is 0 Å². The summed E-state index contributed by atoms with van der Waals surface area (Å²) in [4.78, 5) is 17.7. The van der Waals surface area contributed by atoms with Gasteiger partial charge in [-0.05, 0) is 0 Å². The maximum absolute atomic E-state index is 10.3. The first kappa shape index (κ1) is 9.70. The molecule has 0 aliphatic carbocycles. The average molecular weight is 170 g/mol. The SMILES string of the molecule is O=C([O-])c1cc2ncnn2cn1.[Li+]. The largest absolute Gasteiger partial charge is 1.00 e. The summed E-state index contributed by atoms with van der Waals surface area (Å²) in [6, 6.07) is 1.29. The minimum atomic E-state index is -1.32. The van der Waals surface area contributed by atoms with Gasteiger partial charge >= 0.3 is 18.9 Å². The van der Waals surface area contributed by atoms with Gasteiger partial charge in [-0.2, -0.15) is 5.10 Å². The molecule has 0 fully saturated rings. The summed E-state index contributed by atoms with van der Waals surface area (Å²) in [5.41, 5.74) is 0.291. The molecule has 0 bridgehead atoms. The van der Waals surface area contributed by atoms with Crippen LogP contribution in [0.2, 0.25) is 0 Å². The predicted molar refractivity (Wildman–Crippen MR) is 35.1 cm³/mol. The van der Waals surface area contributed by atoms with E-state index in [1.165, 1.54) is 23.2 Å². The van der Waals surface area contributed by atoms with Crippen LogP contribution < -0.4 is 24.0 Å². The Morgan fingerprint density at radius 3 is 2.92 bits per heavy atom. The van der Waals surface area contributed by atoms with E-state index in [1.54, 1.807) is 0 Å². The molecule has 2 aromatic heterocycles. The second-order valence-corrected chi connectivity index (χ2v) is 2.12. The Morgan fingerprint density at radius 2 is 2.23 bits per heavy atom. The molecule has 0 N–H and O–H groups in total. The van der Waals surface area contributed by atoms with Crippen molar-refractivity contribution in [1.29, 1.82) is 0 Å². The quantitative estimate of drug-likeness (QED) is 0.403. The summed E-state index contributed by atoms with van der Waals surface area (Å²) < 4.78 is 1.37. The van der Waals surface area contributed by atoms with Crippen LogP contribution in [-0.2, 0) is 0 Å². The summed E-state index contributed by atoms with van der Waals surface area (Å²) in [7, 11) is 0. The molecule has 2 heterocycles.